The molecule has 0 amide bonds. The van der Waals surface area contributed by atoms with E-state index in [9.17, 15) is 9.90 Å². The molecule has 0 fully saturated rings. The van der Waals surface area contributed by atoms with Gasteiger partial charge in [0.25, 0.3) is 5.56 Å². The van der Waals surface area contributed by atoms with E-state index in [-0.39, 0.29) is 11.3 Å². The fourth-order valence-electron chi connectivity index (χ4n) is 1.99. The van der Waals surface area contributed by atoms with Crippen LogP contribution in [0, 0.1) is 18.3 Å². The first-order valence-corrected chi connectivity index (χ1v) is 7.30. The molecule has 0 saturated heterocycles. The number of aromatic amines is 1. The highest BCUT2D eigenvalue weighted by Gasteiger charge is 2.10. The Hall–Kier alpha value is -2.28. The van der Waals surface area contributed by atoms with Crippen molar-refractivity contribution in [1.82, 2.24) is 4.98 Å². The van der Waals surface area contributed by atoms with Crippen molar-refractivity contribution in [2.24, 2.45) is 0 Å². The Morgan fingerprint density at radius 2 is 1.86 bits per heavy atom. The van der Waals surface area contributed by atoms with Crippen molar-refractivity contribution in [1.29, 1.82) is 5.26 Å². The zero-order valence-corrected chi connectivity index (χ0v) is 12.9. The third kappa shape index (κ3) is 4.35. The SMILES string of the molecule is CCCCCC.Cc1ccc2[nH]c(=O)c(C#N)c(O)c2c1. The van der Waals surface area contributed by atoms with Gasteiger partial charge in [0.1, 0.15) is 11.8 Å². The summed E-state index contributed by atoms with van der Waals surface area (Å²) in [6, 6.07) is 6.93. The van der Waals surface area contributed by atoms with E-state index in [2.05, 4.69) is 18.8 Å². The van der Waals surface area contributed by atoms with Crippen LogP contribution >= 0.6 is 0 Å². The lowest BCUT2D eigenvalue weighted by atomic mass is 10.1. The predicted molar refractivity (Wildman–Crippen MR) is 85.5 cm³/mol. The normalized spacial score (nSPS) is 9.81. The number of aromatic hydroxyl groups is 1. The summed E-state index contributed by atoms with van der Waals surface area (Å²) < 4.78 is 0. The van der Waals surface area contributed by atoms with E-state index in [0.717, 1.165) is 5.56 Å². The molecule has 0 spiro atoms. The average molecular weight is 286 g/mol. The Labute approximate surface area is 125 Å². The van der Waals surface area contributed by atoms with Gasteiger partial charge >= 0.3 is 0 Å². The standard InChI is InChI=1S/C11H8N2O2.C6H14/c1-6-2-3-9-7(4-6)10(14)8(5-12)11(15)13-9;1-3-5-6-4-2/h2-4H,1H3,(H2,13,14,15);3-6H2,1-2H3. The van der Waals surface area contributed by atoms with Crippen molar-refractivity contribution in [3.8, 4) is 11.8 Å². The van der Waals surface area contributed by atoms with Gasteiger partial charge in [-0.3, -0.25) is 4.79 Å². The summed E-state index contributed by atoms with van der Waals surface area (Å²) in [7, 11) is 0. The van der Waals surface area contributed by atoms with Crippen molar-refractivity contribution in [2.75, 3.05) is 0 Å². The molecule has 2 aromatic rings. The summed E-state index contributed by atoms with van der Waals surface area (Å²) in [5, 5.41) is 18.9. The van der Waals surface area contributed by atoms with Gasteiger partial charge in [-0.2, -0.15) is 5.26 Å². The first kappa shape index (κ1) is 16.8. The highest BCUT2D eigenvalue weighted by molar-refractivity contribution is 5.87. The smallest absolute Gasteiger partial charge is 0.270 e. The monoisotopic (exact) mass is 286 g/mol. The number of pyridine rings is 1. The second-order valence-corrected chi connectivity index (χ2v) is 5.05. The highest BCUT2D eigenvalue weighted by Crippen LogP contribution is 2.24. The number of nitriles is 1. The minimum Gasteiger partial charge on any atom is -0.506 e. The molecule has 4 nitrogen and oxygen atoms in total. The molecule has 21 heavy (non-hydrogen) atoms. The molecule has 2 rings (SSSR count). The van der Waals surface area contributed by atoms with Crippen LogP contribution in [0.5, 0.6) is 5.75 Å². The average Bonchev–Trinajstić information content (AvgIpc) is 2.47. The summed E-state index contributed by atoms with van der Waals surface area (Å²) in [5.41, 5.74) is 0.676. The molecule has 0 radical (unpaired) electrons. The molecule has 4 heteroatoms. The molecule has 112 valence electrons. The largest absolute Gasteiger partial charge is 0.506 e. The molecule has 0 atom stereocenters. The number of H-pyrrole nitrogens is 1. The summed E-state index contributed by atoms with van der Waals surface area (Å²) in [5.74, 6) is -0.250. The number of aryl methyl sites for hydroxylation is 1. The van der Waals surface area contributed by atoms with Crippen molar-refractivity contribution < 1.29 is 5.11 Å². The number of aromatic nitrogens is 1. The van der Waals surface area contributed by atoms with Crippen LogP contribution in [0.25, 0.3) is 10.9 Å². The van der Waals surface area contributed by atoms with Crippen LogP contribution in [0.2, 0.25) is 0 Å². The number of hydrogen-bond donors (Lipinski definition) is 2. The summed E-state index contributed by atoms with van der Waals surface area (Å²) >= 11 is 0. The lowest BCUT2D eigenvalue weighted by Crippen LogP contribution is -2.10. The fourth-order valence-corrected chi connectivity index (χ4v) is 1.99. The van der Waals surface area contributed by atoms with Gasteiger partial charge < -0.3 is 10.1 Å². The molecular formula is C17H22N2O2. The lowest BCUT2D eigenvalue weighted by Gasteiger charge is -2.03. The zero-order valence-electron chi connectivity index (χ0n) is 12.9. The van der Waals surface area contributed by atoms with Crippen LogP contribution in [0.1, 0.15) is 50.7 Å². The van der Waals surface area contributed by atoms with Gasteiger partial charge in [0.2, 0.25) is 0 Å². The van der Waals surface area contributed by atoms with E-state index in [1.165, 1.54) is 25.7 Å². The number of rotatable bonds is 3. The van der Waals surface area contributed by atoms with E-state index >= 15 is 0 Å². The minimum atomic E-state index is -0.564. The Bertz CT molecular complexity index is 692. The van der Waals surface area contributed by atoms with Gasteiger partial charge in [0.15, 0.2) is 5.56 Å². The second kappa shape index (κ2) is 8.11. The number of fused-ring (bicyclic) bond motifs is 1. The van der Waals surface area contributed by atoms with Gasteiger partial charge in [-0.1, -0.05) is 51.2 Å². The number of nitrogens with one attached hydrogen (secondary N) is 1. The van der Waals surface area contributed by atoms with Gasteiger partial charge in [-0.25, -0.2) is 0 Å². The Kier molecular flexibility index (Phi) is 6.48. The van der Waals surface area contributed by atoms with E-state index in [0.29, 0.717) is 10.9 Å². The van der Waals surface area contributed by atoms with Crippen LogP contribution in [0.15, 0.2) is 23.0 Å². The van der Waals surface area contributed by atoms with Crippen LogP contribution in [-0.4, -0.2) is 10.1 Å². The summed E-state index contributed by atoms with van der Waals surface area (Å²) in [6.45, 7) is 6.33. The van der Waals surface area contributed by atoms with Crippen molar-refractivity contribution in [2.45, 2.75) is 46.5 Å². The zero-order chi connectivity index (χ0) is 15.8. The molecule has 1 aromatic heterocycles. The van der Waals surface area contributed by atoms with Crippen molar-refractivity contribution in [3.63, 3.8) is 0 Å². The molecule has 2 N–H and O–H groups in total. The molecule has 0 aliphatic rings. The Morgan fingerprint density at radius 3 is 2.38 bits per heavy atom. The van der Waals surface area contributed by atoms with Gasteiger partial charge in [-0.15, -0.1) is 0 Å². The van der Waals surface area contributed by atoms with E-state index in [1.807, 2.05) is 13.0 Å². The third-order valence-electron chi connectivity index (χ3n) is 3.21. The van der Waals surface area contributed by atoms with Crippen LogP contribution in [0.4, 0.5) is 0 Å². The third-order valence-corrected chi connectivity index (χ3v) is 3.21. The van der Waals surface area contributed by atoms with E-state index < -0.39 is 5.56 Å². The molecule has 1 heterocycles. The van der Waals surface area contributed by atoms with E-state index in [1.54, 1.807) is 18.2 Å². The molecule has 0 saturated carbocycles. The molecule has 0 bridgehead atoms. The van der Waals surface area contributed by atoms with Gasteiger partial charge in [0, 0.05) is 5.39 Å². The van der Waals surface area contributed by atoms with Crippen molar-refractivity contribution in [3.05, 3.63) is 39.7 Å². The van der Waals surface area contributed by atoms with Gasteiger partial charge in [-0.05, 0) is 19.1 Å². The molecule has 0 aliphatic carbocycles. The number of hydrogen-bond acceptors (Lipinski definition) is 3. The maximum atomic E-state index is 11.3. The molecule has 0 aliphatic heterocycles. The van der Waals surface area contributed by atoms with E-state index in [4.69, 9.17) is 5.26 Å². The topological polar surface area (TPSA) is 76.9 Å². The summed E-state index contributed by atoms with van der Waals surface area (Å²) in [4.78, 5) is 13.9. The number of nitrogens with zero attached hydrogens (tertiary/aromatic N) is 1. The maximum absolute atomic E-state index is 11.3. The summed E-state index contributed by atoms with van der Waals surface area (Å²) in [6.07, 6.45) is 5.54. The predicted octanol–water partition coefficient (Wildman–Crippen LogP) is 4.00. The van der Waals surface area contributed by atoms with Crippen LogP contribution < -0.4 is 5.56 Å². The fraction of sp³-hybridized carbons (Fsp3) is 0.412. The maximum Gasteiger partial charge on any atom is 0.270 e. The first-order chi connectivity index (χ1) is 10.0. The Balaban J connectivity index is 0.000000315. The minimum absolute atomic E-state index is 0.242. The number of unbranched alkanes of at least 4 members (excludes halogenated alkanes) is 3. The quantitative estimate of drug-likeness (QED) is 0.837. The second-order valence-electron chi connectivity index (χ2n) is 5.05. The number of benzene rings is 1. The van der Waals surface area contributed by atoms with Crippen LogP contribution in [-0.2, 0) is 0 Å². The van der Waals surface area contributed by atoms with Crippen LogP contribution in [0.3, 0.4) is 0 Å². The lowest BCUT2D eigenvalue weighted by molar-refractivity contribution is 0.478. The molecular weight excluding hydrogens is 264 g/mol. The molecule has 0 unspecified atom stereocenters. The van der Waals surface area contributed by atoms with Crippen molar-refractivity contribution >= 4 is 10.9 Å². The Morgan fingerprint density at radius 1 is 1.24 bits per heavy atom. The van der Waals surface area contributed by atoms with Gasteiger partial charge in [0.05, 0.1) is 5.52 Å². The highest BCUT2D eigenvalue weighted by atomic mass is 16.3. The molecule has 1 aromatic carbocycles. The first-order valence-electron chi connectivity index (χ1n) is 7.30.